The average molecular weight is 264 g/mol. The Morgan fingerprint density at radius 2 is 2.21 bits per heavy atom. The molecule has 0 aliphatic rings. The number of nitro benzene ring substituents is 1. The third kappa shape index (κ3) is 3.01. The molecule has 0 saturated carbocycles. The van der Waals surface area contributed by atoms with E-state index in [9.17, 15) is 10.1 Å². The lowest BCUT2D eigenvalue weighted by molar-refractivity contribution is -0.386. The monoisotopic (exact) mass is 264 g/mol. The Morgan fingerprint density at radius 3 is 2.79 bits per heavy atom. The number of hydrogen-bond acceptors (Lipinski definition) is 6. The van der Waals surface area contributed by atoms with Crippen molar-refractivity contribution in [3.8, 4) is 11.5 Å². The Bertz CT molecular complexity index is 594. The van der Waals surface area contributed by atoms with Gasteiger partial charge in [-0.05, 0) is 19.1 Å². The van der Waals surface area contributed by atoms with Crippen molar-refractivity contribution in [2.75, 3.05) is 7.11 Å². The molecule has 7 nitrogen and oxygen atoms in total. The maximum absolute atomic E-state index is 10.9. The largest absolute Gasteiger partial charge is 0.496 e. The highest BCUT2D eigenvalue weighted by Crippen LogP contribution is 2.31. The minimum Gasteiger partial charge on any atom is -0.496 e. The summed E-state index contributed by atoms with van der Waals surface area (Å²) in [6.45, 7) is 1.86. The number of nitrogens with zero attached hydrogens (tertiary/aromatic N) is 2. The number of methoxy groups -OCH3 is 1. The topological polar surface area (TPSA) is 87.6 Å². The molecule has 0 unspecified atom stereocenters. The molecule has 0 N–H and O–H groups in total. The van der Waals surface area contributed by atoms with Gasteiger partial charge < -0.3 is 14.0 Å². The van der Waals surface area contributed by atoms with Crippen molar-refractivity contribution in [1.82, 2.24) is 5.16 Å². The van der Waals surface area contributed by atoms with Crippen LogP contribution in [0, 0.1) is 17.0 Å². The number of aryl methyl sites for hydroxylation is 1. The van der Waals surface area contributed by atoms with Crippen LogP contribution in [0.1, 0.15) is 11.5 Å². The number of ether oxygens (including phenoxy) is 2. The molecule has 0 aliphatic heterocycles. The highest BCUT2D eigenvalue weighted by molar-refractivity contribution is 5.50. The molecule has 19 heavy (non-hydrogen) atoms. The van der Waals surface area contributed by atoms with Crippen LogP contribution >= 0.6 is 0 Å². The van der Waals surface area contributed by atoms with E-state index >= 15 is 0 Å². The predicted octanol–water partition coefficient (Wildman–Crippen LogP) is 2.48. The first kappa shape index (κ1) is 12.9. The first-order valence-corrected chi connectivity index (χ1v) is 5.47. The lowest BCUT2D eigenvalue weighted by atomic mass is 10.3. The third-order valence-electron chi connectivity index (χ3n) is 2.41. The molecule has 1 aromatic heterocycles. The van der Waals surface area contributed by atoms with Gasteiger partial charge in [-0.15, -0.1) is 0 Å². The second kappa shape index (κ2) is 5.38. The quantitative estimate of drug-likeness (QED) is 0.609. The molecule has 1 aromatic carbocycles. The summed E-state index contributed by atoms with van der Waals surface area (Å²) in [5.74, 6) is 1.05. The molecule has 0 spiro atoms. The summed E-state index contributed by atoms with van der Waals surface area (Å²) in [5, 5.41) is 14.6. The van der Waals surface area contributed by atoms with Crippen molar-refractivity contribution >= 4 is 5.69 Å². The molecule has 0 atom stereocenters. The SMILES string of the molecule is COc1ccc(OCc2cc(C)no2)c([N+](=O)[O-])c1. The average Bonchev–Trinajstić information content (AvgIpc) is 2.82. The molecule has 0 radical (unpaired) electrons. The molecular weight excluding hydrogens is 252 g/mol. The van der Waals surface area contributed by atoms with Crippen molar-refractivity contribution < 1.29 is 18.9 Å². The molecule has 0 bridgehead atoms. The van der Waals surface area contributed by atoms with Crippen molar-refractivity contribution in [3.63, 3.8) is 0 Å². The molecule has 100 valence electrons. The number of hydrogen-bond donors (Lipinski definition) is 0. The van der Waals surface area contributed by atoms with Gasteiger partial charge in [0.05, 0.1) is 23.8 Å². The zero-order valence-electron chi connectivity index (χ0n) is 10.5. The molecule has 2 aromatic rings. The minimum atomic E-state index is -0.524. The number of rotatable bonds is 5. The smallest absolute Gasteiger partial charge is 0.314 e. The van der Waals surface area contributed by atoms with Crippen molar-refractivity contribution in [2.24, 2.45) is 0 Å². The fraction of sp³-hybridized carbons (Fsp3) is 0.250. The summed E-state index contributed by atoms with van der Waals surface area (Å²) in [7, 11) is 1.44. The van der Waals surface area contributed by atoms with Crippen molar-refractivity contribution in [1.29, 1.82) is 0 Å². The van der Waals surface area contributed by atoms with Gasteiger partial charge in [0.2, 0.25) is 0 Å². The number of benzene rings is 1. The van der Waals surface area contributed by atoms with E-state index in [1.807, 2.05) is 0 Å². The zero-order chi connectivity index (χ0) is 13.8. The predicted molar refractivity (Wildman–Crippen MR) is 65.2 cm³/mol. The fourth-order valence-corrected chi connectivity index (χ4v) is 1.52. The normalized spacial score (nSPS) is 10.2. The van der Waals surface area contributed by atoms with Gasteiger partial charge in [0.15, 0.2) is 11.5 Å². The van der Waals surface area contributed by atoms with E-state index < -0.39 is 4.92 Å². The van der Waals surface area contributed by atoms with E-state index in [1.165, 1.54) is 19.2 Å². The van der Waals surface area contributed by atoms with E-state index in [2.05, 4.69) is 5.16 Å². The van der Waals surface area contributed by atoms with Crippen LogP contribution in [0.25, 0.3) is 0 Å². The Balaban J connectivity index is 2.17. The highest BCUT2D eigenvalue weighted by atomic mass is 16.6. The van der Waals surface area contributed by atoms with Gasteiger partial charge >= 0.3 is 5.69 Å². The summed E-state index contributed by atoms with van der Waals surface area (Å²) in [4.78, 5) is 10.4. The molecular formula is C12H12N2O5. The van der Waals surface area contributed by atoms with E-state index in [1.54, 1.807) is 19.1 Å². The van der Waals surface area contributed by atoms with Crippen LogP contribution in [0.15, 0.2) is 28.8 Å². The highest BCUT2D eigenvalue weighted by Gasteiger charge is 2.17. The summed E-state index contributed by atoms with van der Waals surface area (Å²) >= 11 is 0. The molecule has 0 amide bonds. The second-order valence-corrected chi connectivity index (χ2v) is 3.81. The Hall–Kier alpha value is -2.57. The summed E-state index contributed by atoms with van der Waals surface area (Å²) in [6, 6.07) is 6.09. The van der Waals surface area contributed by atoms with Gasteiger partial charge in [-0.3, -0.25) is 10.1 Å². The van der Waals surface area contributed by atoms with Gasteiger partial charge in [0.25, 0.3) is 0 Å². The van der Waals surface area contributed by atoms with Crippen LogP contribution in [0.4, 0.5) is 5.69 Å². The Labute approximate surface area is 108 Å². The summed E-state index contributed by atoms with van der Waals surface area (Å²) in [5.41, 5.74) is 0.568. The standard InChI is InChI=1S/C12H12N2O5/c1-8-5-10(19-13-8)7-18-12-4-3-9(17-2)6-11(12)14(15)16/h3-6H,7H2,1-2H3. The van der Waals surface area contributed by atoms with Gasteiger partial charge in [-0.2, -0.15) is 0 Å². The third-order valence-corrected chi connectivity index (χ3v) is 2.41. The van der Waals surface area contributed by atoms with E-state index in [0.29, 0.717) is 11.5 Å². The van der Waals surface area contributed by atoms with Crippen LogP contribution in [0.3, 0.4) is 0 Å². The first-order chi connectivity index (χ1) is 9.10. The molecule has 7 heteroatoms. The molecule has 0 fully saturated rings. The first-order valence-electron chi connectivity index (χ1n) is 5.47. The molecule has 0 aliphatic carbocycles. The van der Waals surface area contributed by atoms with Crippen LogP contribution in [0.2, 0.25) is 0 Å². The maximum atomic E-state index is 10.9. The van der Waals surface area contributed by atoms with Crippen LogP contribution in [-0.4, -0.2) is 17.2 Å². The fourth-order valence-electron chi connectivity index (χ4n) is 1.52. The Kier molecular flexibility index (Phi) is 3.65. The zero-order valence-corrected chi connectivity index (χ0v) is 10.5. The molecule has 1 heterocycles. The van der Waals surface area contributed by atoms with E-state index in [4.69, 9.17) is 14.0 Å². The van der Waals surface area contributed by atoms with E-state index in [0.717, 1.165) is 5.69 Å². The maximum Gasteiger partial charge on any atom is 0.314 e. The lowest BCUT2D eigenvalue weighted by Crippen LogP contribution is -1.99. The van der Waals surface area contributed by atoms with Gasteiger partial charge in [0.1, 0.15) is 12.4 Å². The van der Waals surface area contributed by atoms with Gasteiger partial charge in [-0.1, -0.05) is 5.16 Å². The van der Waals surface area contributed by atoms with Gasteiger partial charge in [-0.25, -0.2) is 0 Å². The summed E-state index contributed by atoms with van der Waals surface area (Å²) in [6.07, 6.45) is 0. The van der Waals surface area contributed by atoms with E-state index in [-0.39, 0.29) is 18.0 Å². The van der Waals surface area contributed by atoms with Gasteiger partial charge in [0, 0.05) is 6.07 Å². The molecule has 0 saturated heterocycles. The van der Waals surface area contributed by atoms with Crippen LogP contribution < -0.4 is 9.47 Å². The van der Waals surface area contributed by atoms with Crippen molar-refractivity contribution in [2.45, 2.75) is 13.5 Å². The van der Waals surface area contributed by atoms with Crippen molar-refractivity contribution in [3.05, 3.63) is 45.8 Å². The van der Waals surface area contributed by atoms with Crippen LogP contribution in [0.5, 0.6) is 11.5 Å². The Morgan fingerprint density at radius 1 is 1.42 bits per heavy atom. The lowest BCUT2D eigenvalue weighted by Gasteiger charge is -2.06. The second-order valence-electron chi connectivity index (χ2n) is 3.81. The minimum absolute atomic E-state index is 0.0774. The molecule has 2 rings (SSSR count). The number of nitro groups is 1. The number of aromatic nitrogens is 1. The summed E-state index contributed by atoms with van der Waals surface area (Å²) < 4.78 is 15.3. The van der Waals surface area contributed by atoms with Crippen LogP contribution in [-0.2, 0) is 6.61 Å².